The summed E-state index contributed by atoms with van der Waals surface area (Å²) in [6.07, 6.45) is 1.84. The van der Waals surface area contributed by atoms with Crippen molar-refractivity contribution in [2.75, 3.05) is 18.0 Å². The summed E-state index contributed by atoms with van der Waals surface area (Å²) in [6.45, 7) is 1.90. The normalized spacial score (nSPS) is 14.1. The van der Waals surface area contributed by atoms with E-state index in [1.165, 1.54) is 35.7 Å². The van der Waals surface area contributed by atoms with E-state index in [1.807, 2.05) is 19.1 Å². The predicted octanol–water partition coefficient (Wildman–Crippen LogP) is 4.77. The van der Waals surface area contributed by atoms with Crippen LogP contribution in [0.3, 0.4) is 0 Å². The summed E-state index contributed by atoms with van der Waals surface area (Å²) in [5, 5.41) is 11.6. The number of nitro benzene ring substituents is 1. The lowest BCUT2D eigenvalue weighted by atomic mass is 10.0. The van der Waals surface area contributed by atoms with Gasteiger partial charge >= 0.3 is 0 Å². The second-order valence-corrected chi connectivity index (χ2v) is 9.43. The number of rotatable bonds is 4. The van der Waals surface area contributed by atoms with Gasteiger partial charge in [0.2, 0.25) is 0 Å². The van der Waals surface area contributed by atoms with Gasteiger partial charge in [0.25, 0.3) is 15.7 Å². The molecule has 162 valence electrons. The van der Waals surface area contributed by atoms with Crippen molar-refractivity contribution in [1.82, 2.24) is 0 Å². The summed E-state index contributed by atoms with van der Waals surface area (Å²) in [5.41, 5.74) is 2.78. The third-order valence-corrected chi connectivity index (χ3v) is 7.33. The lowest BCUT2D eigenvalue weighted by Crippen LogP contribution is -2.29. The highest BCUT2D eigenvalue weighted by Gasteiger charge is 2.39. The molecule has 0 unspecified atom stereocenters. The molecule has 0 aliphatic carbocycles. The van der Waals surface area contributed by atoms with Crippen LogP contribution in [0.1, 0.15) is 16.7 Å². The van der Waals surface area contributed by atoms with Gasteiger partial charge in [-0.3, -0.25) is 14.4 Å². The van der Waals surface area contributed by atoms with Gasteiger partial charge < -0.3 is 9.47 Å². The molecule has 0 saturated heterocycles. The number of nitro groups is 1. The highest BCUT2D eigenvalue weighted by atomic mass is 32.2. The van der Waals surface area contributed by atoms with Gasteiger partial charge in [0, 0.05) is 17.2 Å². The molecular formula is C23H18N2O6S. The van der Waals surface area contributed by atoms with Gasteiger partial charge in [-0.15, -0.1) is 0 Å². The van der Waals surface area contributed by atoms with Crippen molar-refractivity contribution >= 4 is 33.0 Å². The third-order valence-electron chi connectivity index (χ3n) is 5.56. The molecule has 2 heterocycles. The number of methoxy groups -OCH3 is 1. The van der Waals surface area contributed by atoms with Crippen molar-refractivity contribution in [3.8, 4) is 17.2 Å². The van der Waals surface area contributed by atoms with Crippen molar-refractivity contribution in [3.63, 3.8) is 0 Å². The maximum absolute atomic E-state index is 13.5. The van der Waals surface area contributed by atoms with Gasteiger partial charge in [-0.2, -0.15) is 0 Å². The monoisotopic (exact) mass is 450 g/mol. The summed E-state index contributed by atoms with van der Waals surface area (Å²) in [7, 11) is -2.45. The minimum atomic E-state index is -3.96. The SMILES string of the molecule is COc1cccc2c1Oc1cc([N+](=O)[O-])cc3c1C(=C2)CN3S(=O)(=O)c1ccc(C)cc1. The minimum absolute atomic E-state index is 0.0275. The number of sulfonamides is 1. The van der Waals surface area contributed by atoms with E-state index in [0.717, 1.165) is 5.56 Å². The quantitative estimate of drug-likeness (QED) is 0.420. The van der Waals surface area contributed by atoms with Crippen molar-refractivity contribution in [3.05, 3.63) is 81.4 Å². The number of ether oxygens (including phenoxy) is 2. The lowest BCUT2D eigenvalue weighted by Gasteiger charge is -2.20. The molecule has 2 aliphatic rings. The van der Waals surface area contributed by atoms with E-state index in [1.54, 1.807) is 24.3 Å². The van der Waals surface area contributed by atoms with Crippen LogP contribution in [0.5, 0.6) is 17.2 Å². The van der Waals surface area contributed by atoms with Crippen LogP contribution in [0.25, 0.3) is 11.6 Å². The maximum atomic E-state index is 13.5. The van der Waals surface area contributed by atoms with E-state index in [0.29, 0.717) is 28.2 Å². The molecule has 3 aromatic rings. The number of anilines is 1. The van der Waals surface area contributed by atoms with Crippen molar-refractivity contribution in [2.45, 2.75) is 11.8 Å². The van der Waals surface area contributed by atoms with Crippen LogP contribution in [0, 0.1) is 17.0 Å². The van der Waals surface area contributed by atoms with E-state index in [2.05, 4.69) is 0 Å². The van der Waals surface area contributed by atoms with Crippen LogP contribution >= 0.6 is 0 Å². The molecule has 9 heteroatoms. The zero-order valence-corrected chi connectivity index (χ0v) is 18.0. The Morgan fingerprint density at radius 1 is 1.12 bits per heavy atom. The molecule has 0 N–H and O–H groups in total. The Kier molecular flexibility index (Phi) is 4.45. The number of fused-ring (bicyclic) bond motifs is 1. The molecule has 0 bridgehead atoms. The molecule has 0 aromatic heterocycles. The molecule has 0 spiro atoms. The molecule has 0 fully saturated rings. The standard InChI is InChI=1S/C23H18N2O6S/c1-14-6-8-18(9-7-14)32(28,29)24-13-16-10-15-4-3-5-20(30-2)23(15)31-21-12-17(25(26)27)11-19(24)22(16)21/h3-12H,13H2,1-2H3. The van der Waals surface area contributed by atoms with Crippen molar-refractivity contribution in [1.29, 1.82) is 0 Å². The first-order chi connectivity index (χ1) is 15.3. The lowest BCUT2D eigenvalue weighted by molar-refractivity contribution is -0.384. The molecule has 32 heavy (non-hydrogen) atoms. The van der Waals surface area contributed by atoms with Crippen LogP contribution in [-0.2, 0) is 10.0 Å². The summed E-state index contributed by atoms with van der Waals surface area (Å²) in [5.74, 6) is 1.11. The molecule has 0 saturated carbocycles. The number of nitrogens with zero attached hydrogens (tertiary/aromatic N) is 2. The minimum Gasteiger partial charge on any atom is -0.493 e. The van der Waals surface area contributed by atoms with Gasteiger partial charge in [-0.1, -0.05) is 29.8 Å². The van der Waals surface area contributed by atoms with E-state index < -0.39 is 14.9 Å². The van der Waals surface area contributed by atoms with Crippen LogP contribution in [0.4, 0.5) is 11.4 Å². The van der Waals surface area contributed by atoms with Gasteiger partial charge in [0.05, 0.1) is 35.2 Å². The summed E-state index contributed by atoms with van der Waals surface area (Å²) < 4.78 is 39.6. The van der Waals surface area contributed by atoms with Crippen LogP contribution in [0.2, 0.25) is 0 Å². The highest BCUT2D eigenvalue weighted by molar-refractivity contribution is 7.92. The van der Waals surface area contributed by atoms with E-state index in [9.17, 15) is 18.5 Å². The Hall–Kier alpha value is -3.85. The Labute approximate surface area is 184 Å². The van der Waals surface area contributed by atoms with E-state index in [-0.39, 0.29) is 28.6 Å². The van der Waals surface area contributed by atoms with Gasteiger partial charge in [0.15, 0.2) is 11.5 Å². The average molecular weight is 450 g/mol. The summed E-state index contributed by atoms with van der Waals surface area (Å²) >= 11 is 0. The number of aryl methyl sites for hydroxylation is 1. The molecular weight excluding hydrogens is 432 g/mol. The fraction of sp³-hybridized carbons (Fsp3) is 0.130. The van der Waals surface area contributed by atoms with E-state index >= 15 is 0 Å². The fourth-order valence-electron chi connectivity index (χ4n) is 3.99. The average Bonchev–Trinajstić information content (AvgIpc) is 3.05. The fourth-order valence-corrected chi connectivity index (χ4v) is 5.44. The molecule has 5 rings (SSSR count). The molecule has 0 radical (unpaired) electrons. The first-order valence-corrected chi connectivity index (χ1v) is 11.2. The summed E-state index contributed by atoms with van der Waals surface area (Å²) in [6, 6.07) is 14.4. The number of para-hydroxylation sites is 1. The van der Waals surface area contributed by atoms with Crippen LogP contribution < -0.4 is 13.8 Å². The third kappa shape index (κ3) is 3.01. The van der Waals surface area contributed by atoms with Crippen LogP contribution in [0.15, 0.2) is 59.5 Å². The zero-order chi connectivity index (χ0) is 22.6. The second kappa shape index (κ2) is 7.10. The number of non-ortho nitro benzene ring substituents is 1. The first-order valence-electron chi connectivity index (χ1n) is 9.77. The molecule has 2 aliphatic heterocycles. The van der Waals surface area contributed by atoms with Crippen molar-refractivity contribution < 1.29 is 22.8 Å². The first kappa shape index (κ1) is 20.1. The largest absolute Gasteiger partial charge is 0.493 e. The van der Waals surface area contributed by atoms with Crippen molar-refractivity contribution in [2.24, 2.45) is 0 Å². The molecule has 3 aromatic carbocycles. The predicted molar refractivity (Wildman–Crippen MR) is 120 cm³/mol. The Balaban J connectivity index is 1.74. The van der Waals surface area contributed by atoms with Gasteiger partial charge in [0.1, 0.15) is 5.75 Å². The maximum Gasteiger partial charge on any atom is 0.275 e. The summed E-state index contributed by atoms with van der Waals surface area (Å²) in [4.78, 5) is 11.2. The molecule has 0 amide bonds. The molecule has 0 atom stereocenters. The number of hydrogen-bond acceptors (Lipinski definition) is 6. The topological polar surface area (TPSA) is 99.0 Å². The number of hydrogen-bond donors (Lipinski definition) is 0. The Morgan fingerprint density at radius 2 is 1.88 bits per heavy atom. The molecule has 8 nitrogen and oxygen atoms in total. The highest BCUT2D eigenvalue weighted by Crippen LogP contribution is 2.52. The number of benzene rings is 3. The second-order valence-electron chi connectivity index (χ2n) is 7.57. The van der Waals surface area contributed by atoms with E-state index in [4.69, 9.17) is 9.47 Å². The zero-order valence-electron chi connectivity index (χ0n) is 17.2. The van der Waals surface area contributed by atoms with Gasteiger partial charge in [-0.05, 0) is 36.8 Å². The Bertz CT molecular complexity index is 1410. The van der Waals surface area contributed by atoms with Gasteiger partial charge in [-0.25, -0.2) is 8.42 Å². The smallest absolute Gasteiger partial charge is 0.275 e. The Morgan fingerprint density at radius 3 is 2.56 bits per heavy atom. The van der Waals surface area contributed by atoms with Crippen LogP contribution in [-0.4, -0.2) is 27.0 Å².